The zero-order valence-electron chi connectivity index (χ0n) is 13.9. The molecule has 0 amide bonds. The Balaban J connectivity index is 5.33. The van der Waals surface area contributed by atoms with Gasteiger partial charge < -0.3 is 0 Å². The molecular weight excluding hydrogens is 296 g/mol. The predicted molar refractivity (Wildman–Crippen MR) is 77.4 cm³/mol. The Morgan fingerprint density at radius 1 is 0.842 bits per heavy atom. The maximum absolute atomic E-state index is 10.3. The Labute approximate surface area is 124 Å². The van der Waals surface area contributed by atoms with Gasteiger partial charge in [-0.25, -0.2) is 0 Å². The van der Waals surface area contributed by atoms with Crippen molar-refractivity contribution in [3.05, 3.63) is 0 Å². The van der Waals surface area contributed by atoms with Gasteiger partial charge in [0.2, 0.25) is 0 Å². The Bertz CT molecular complexity index is 263. The average molecular weight is 328 g/mol. The first-order valence-corrected chi connectivity index (χ1v) is 11.9. The molecule has 0 rings (SSSR count). The van der Waals surface area contributed by atoms with E-state index in [1.807, 2.05) is 20.8 Å². The second-order valence-corrected chi connectivity index (χ2v) is 15.5. The molecule has 0 saturated carbocycles. The van der Waals surface area contributed by atoms with Crippen LogP contribution in [0.15, 0.2) is 0 Å². The summed E-state index contributed by atoms with van der Waals surface area (Å²) in [6.07, 6.45) is 0. The molecule has 6 heteroatoms. The first-order chi connectivity index (χ1) is 8.24. The summed E-state index contributed by atoms with van der Waals surface area (Å²) in [5.41, 5.74) is 0.315. The predicted octanol–water partition coefficient (Wildman–Crippen LogP) is 3.79. The summed E-state index contributed by atoms with van der Waals surface area (Å²) in [5.74, 6) is 0. The van der Waals surface area contributed by atoms with Crippen molar-refractivity contribution >= 4 is 8.32 Å². The van der Waals surface area contributed by atoms with Crippen LogP contribution in [0.4, 0.5) is 0 Å². The minimum absolute atomic E-state index is 0.306. The summed E-state index contributed by atoms with van der Waals surface area (Å²) in [6, 6.07) is 0. The number of rotatable bonds is 6. The van der Waals surface area contributed by atoms with Crippen molar-refractivity contribution in [2.24, 2.45) is 0 Å². The van der Waals surface area contributed by atoms with E-state index in [-0.39, 0.29) is 0 Å². The molecule has 0 bridgehead atoms. The van der Waals surface area contributed by atoms with Gasteiger partial charge in [0.25, 0.3) is 0 Å². The van der Waals surface area contributed by atoms with E-state index in [9.17, 15) is 7.38 Å². The van der Waals surface area contributed by atoms with Crippen LogP contribution in [0.5, 0.6) is 0 Å². The maximum atomic E-state index is 10.3. The van der Waals surface area contributed by atoms with Gasteiger partial charge in [-0.3, -0.25) is 0 Å². The van der Waals surface area contributed by atoms with Crippen LogP contribution in [0.25, 0.3) is 0 Å². The molecule has 0 saturated heterocycles. The summed E-state index contributed by atoms with van der Waals surface area (Å²) >= 11 is -4.65. The van der Waals surface area contributed by atoms with Gasteiger partial charge in [-0.2, -0.15) is 0 Å². The fourth-order valence-corrected chi connectivity index (χ4v) is 15.1. The third-order valence-corrected chi connectivity index (χ3v) is 13.8. The molecular formula is C13H32O4SiTi. The number of hydrogen-bond acceptors (Lipinski definition) is 4. The third kappa shape index (κ3) is 5.58. The molecule has 19 heavy (non-hydrogen) atoms. The second-order valence-electron chi connectivity index (χ2n) is 7.18. The fourth-order valence-electron chi connectivity index (χ4n) is 3.00. The van der Waals surface area contributed by atoms with Crippen molar-refractivity contribution in [3.8, 4) is 0 Å². The van der Waals surface area contributed by atoms with Crippen LogP contribution in [0, 0.1) is 0 Å². The van der Waals surface area contributed by atoms with Gasteiger partial charge in [0.15, 0.2) is 0 Å². The molecule has 0 fully saturated rings. The minimum atomic E-state index is -4.65. The molecule has 0 spiro atoms. The molecule has 2 N–H and O–H groups in total. The van der Waals surface area contributed by atoms with Crippen molar-refractivity contribution in [2.75, 3.05) is 0 Å². The van der Waals surface area contributed by atoms with E-state index in [2.05, 4.69) is 41.5 Å². The zero-order chi connectivity index (χ0) is 15.6. The van der Waals surface area contributed by atoms with Crippen molar-refractivity contribution < 1.29 is 31.8 Å². The SMILES string of the molecule is CC(C)[Si]([O][Ti]([OH])([OH])[O]C(C)(C)C)(C(C)C)C(C)C. The molecule has 0 unspecified atom stereocenters. The number of hydrogen-bond donors (Lipinski definition) is 2. The molecule has 0 radical (unpaired) electrons. The van der Waals surface area contributed by atoms with Crippen molar-refractivity contribution in [2.45, 2.75) is 84.5 Å². The van der Waals surface area contributed by atoms with Crippen LogP contribution in [0.1, 0.15) is 62.3 Å². The Morgan fingerprint density at radius 3 is 1.37 bits per heavy atom. The van der Waals surface area contributed by atoms with Crippen molar-refractivity contribution in [1.82, 2.24) is 0 Å². The van der Waals surface area contributed by atoms with Crippen LogP contribution in [-0.4, -0.2) is 21.3 Å². The first-order valence-electron chi connectivity index (χ1n) is 7.09. The normalized spacial score (nSPS) is 14.8. The van der Waals surface area contributed by atoms with Gasteiger partial charge in [0.1, 0.15) is 0 Å². The summed E-state index contributed by atoms with van der Waals surface area (Å²) < 4.78 is 32.0. The van der Waals surface area contributed by atoms with E-state index in [1.165, 1.54) is 0 Å². The van der Waals surface area contributed by atoms with E-state index in [0.29, 0.717) is 16.6 Å². The van der Waals surface area contributed by atoms with E-state index >= 15 is 0 Å². The molecule has 4 nitrogen and oxygen atoms in total. The van der Waals surface area contributed by atoms with Crippen LogP contribution in [0.2, 0.25) is 16.6 Å². The molecule has 0 heterocycles. The van der Waals surface area contributed by atoms with E-state index in [0.717, 1.165) is 0 Å². The monoisotopic (exact) mass is 328 g/mol. The zero-order valence-corrected chi connectivity index (χ0v) is 16.5. The first kappa shape index (κ1) is 19.8. The summed E-state index contributed by atoms with van der Waals surface area (Å²) in [7, 11) is -2.30. The van der Waals surface area contributed by atoms with Crippen molar-refractivity contribution in [3.63, 3.8) is 0 Å². The van der Waals surface area contributed by atoms with Gasteiger partial charge >= 0.3 is 125 Å². The van der Waals surface area contributed by atoms with Crippen LogP contribution < -0.4 is 0 Å². The summed E-state index contributed by atoms with van der Waals surface area (Å²) in [6.45, 7) is 18.1. The third-order valence-electron chi connectivity index (χ3n) is 3.46. The fraction of sp³-hybridized carbons (Fsp3) is 1.00. The van der Waals surface area contributed by atoms with E-state index in [4.69, 9.17) is 6.33 Å². The molecule has 0 aromatic heterocycles. The second kappa shape index (κ2) is 6.69. The summed E-state index contributed by atoms with van der Waals surface area (Å²) in [5, 5.41) is 0. The molecule has 0 aliphatic carbocycles. The van der Waals surface area contributed by atoms with E-state index in [1.54, 1.807) is 0 Å². The van der Waals surface area contributed by atoms with Gasteiger partial charge in [0, 0.05) is 0 Å². The van der Waals surface area contributed by atoms with Gasteiger partial charge in [-0.15, -0.1) is 0 Å². The van der Waals surface area contributed by atoms with Crippen LogP contribution >= 0.6 is 0 Å². The molecule has 0 aromatic rings. The average Bonchev–Trinajstić information content (AvgIpc) is 2.08. The topological polar surface area (TPSA) is 58.9 Å². The van der Waals surface area contributed by atoms with Crippen LogP contribution in [0.3, 0.4) is 0 Å². The van der Waals surface area contributed by atoms with Gasteiger partial charge in [0.05, 0.1) is 0 Å². The van der Waals surface area contributed by atoms with E-state index < -0.39 is 32.1 Å². The van der Waals surface area contributed by atoms with Crippen molar-refractivity contribution in [1.29, 1.82) is 0 Å². The van der Waals surface area contributed by atoms with Crippen LogP contribution in [-0.2, 0) is 24.5 Å². The van der Waals surface area contributed by atoms with Gasteiger partial charge in [-0.1, -0.05) is 0 Å². The van der Waals surface area contributed by atoms with Gasteiger partial charge in [-0.05, 0) is 0 Å². The molecule has 0 aromatic carbocycles. The molecule has 0 atom stereocenters. The molecule has 0 aliphatic heterocycles. The Kier molecular flexibility index (Phi) is 6.96. The Hall–Kier alpha value is 0.771. The molecule has 0 aliphatic rings. The summed E-state index contributed by atoms with van der Waals surface area (Å²) in [4.78, 5) is 0. The quantitative estimate of drug-likeness (QED) is 0.728. The Morgan fingerprint density at radius 2 is 1.16 bits per heavy atom. The molecule has 116 valence electrons. The standard InChI is InChI=1S/C9H21OSi.C4H9O.2H2O.Ti/c1-7(2)11(10,8(3)4)9(5)6;1-4(2,3)5;;;/h7-9H,1-6H3;1-3H3;2*1H2;/q2*-1;;;+4/p-2.